The Morgan fingerprint density at radius 2 is 0.607 bits per heavy atom. The largest absolute Gasteiger partial charge is 0.472 e. The summed E-state index contributed by atoms with van der Waals surface area (Å²) in [6.07, 6.45) is 49.8. The van der Waals surface area contributed by atoms with Crippen molar-refractivity contribution in [2.24, 2.45) is 11.8 Å². The molecule has 17 nitrogen and oxygen atoms in total. The Morgan fingerprint density at radius 1 is 0.348 bits per heavy atom. The summed E-state index contributed by atoms with van der Waals surface area (Å²) >= 11 is 0. The minimum absolute atomic E-state index is 0.100. The van der Waals surface area contributed by atoms with Gasteiger partial charge in [-0.05, 0) is 63.2 Å². The molecule has 0 spiro atoms. The number of rotatable bonds is 67. The summed E-state index contributed by atoms with van der Waals surface area (Å²) in [5, 5.41) is 10.6. The van der Waals surface area contributed by atoms with Crippen LogP contribution in [0, 0.1) is 11.8 Å². The molecule has 0 aromatic heterocycles. The van der Waals surface area contributed by atoms with Gasteiger partial charge in [-0.3, -0.25) is 37.3 Å². The van der Waals surface area contributed by atoms with Crippen molar-refractivity contribution in [2.75, 3.05) is 39.6 Å². The van der Waals surface area contributed by atoms with Gasteiger partial charge >= 0.3 is 39.5 Å². The van der Waals surface area contributed by atoms with Crippen molar-refractivity contribution in [1.82, 2.24) is 0 Å². The summed E-state index contributed by atoms with van der Waals surface area (Å²) in [7, 11) is -9.90. The summed E-state index contributed by atoms with van der Waals surface area (Å²) < 4.78 is 68.0. The highest BCUT2D eigenvalue weighted by atomic mass is 31.2. The van der Waals surface area contributed by atoms with Crippen LogP contribution in [0.2, 0.25) is 0 Å². The molecule has 0 bridgehead atoms. The Kier molecular flexibility index (Phi) is 60.0. The number of allylic oxidation sites excluding steroid dienone is 4. The second-order valence-electron chi connectivity index (χ2n) is 25.5. The van der Waals surface area contributed by atoms with Gasteiger partial charge in [0, 0.05) is 25.7 Å². The molecule has 0 fully saturated rings. The highest BCUT2D eigenvalue weighted by Crippen LogP contribution is 2.45. The zero-order valence-corrected chi connectivity index (χ0v) is 59.0. The van der Waals surface area contributed by atoms with Gasteiger partial charge in [0.05, 0.1) is 26.4 Å². The topological polar surface area (TPSA) is 237 Å². The molecule has 89 heavy (non-hydrogen) atoms. The van der Waals surface area contributed by atoms with Crippen LogP contribution in [0.3, 0.4) is 0 Å². The Morgan fingerprint density at radius 3 is 0.921 bits per heavy atom. The van der Waals surface area contributed by atoms with Crippen molar-refractivity contribution in [3.63, 3.8) is 0 Å². The molecule has 0 saturated heterocycles. The molecule has 2 unspecified atom stereocenters. The first kappa shape index (κ1) is 86.5. The number of carbonyl (C=O) groups excluding carboxylic acids is 4. The van der Waals surface area contributed by atoms with E-state index in [2.05, 4.69) is 65.8 Å². The summed E-state index contributed by atoms with van der Waals surface area (Å²) in [4.78, 5) is 72.2. The maximum atomic E-state index is 13.0. The highest BCUT2D eigenvalue weighted by molar-refractivity contribution is 7.47. The summed E-state index contributed by atoms with van der Waals surface area (Å²) in [6.45, 7) is 9.38. The van der Waals surface area contributed by atoms with Crippen LogP contribution in [0.25, 0.3) is 0 Å². The van der Waals surface area contributed by atoms with E-state index < -0.39 is 97.5 Å². The molecule has 0 aliphatic heterocycles. The van der Waals surface area contributed by atoms with E-state index in [9.17, 15) is 43.2 Å². The van der Waals surface area contributed by atoms with Crippen molar-refractivity contribution >= 4 is 39.5 Å². The Labute approximate surface area is 542 Å². The van der Waals surface area contributed by atoms with Gasteiger partial charge in [-0.1, -0.05) is 278 Å². The molecule has 0 radical (unpaired) electrons. The quantitative estimate of drug-likeness (QED) is 0.0169. The number of carbonyl (C=O) groups is 4. The van der Waals surface area contributed by atoms with Gasteiger partial charge in [0.15, 0.2) is 12.2 Å². The van der Waals surface area contributed by atoms with Crippen LogP contribution < -0.4 is 0 Å². The number of ether oxygens (including phenoxy) is 4. The molecule has 0 aromatic rings. The minimum atomic E-state index is -4.96. The van der Waals surface area contributed by atoms with E-state index in [0.29, 0.717) is 25.7 Å². The van der Waals surface area contributed by atoms with Crippen molar-refractivity contribution in [2.45, 2.75) is 349 Å². The maximum absolute atomic E-state index is 13.0. The number of esters is 4. The molecule has 19 heteroatoms. The average Bonchev–Trinajstić information content (AvgIpc) is 3.61. The van der Waals surface area contributed by atoms with E-state index >= 15 is 0 Å². The first-order chi connectivity index (χ1) is 42.9. The number of unbranched alkanes of at least 4 members (excludes halogenated alkanes) is 34. The molecule has 0 aliphatic rings. The molecule has 0 rings (SSSR count). The third-order valence-corrected chi connectivity index (χ3v) is 17.5. The fourth-order valence-corrected chi connectivity index (χ4v) is 11.6. The van der Waals surface area contributed by atoms with Gasteiger partial charge in [0.2, 0.25) is 0 Å². The van der Waals surface area contributed by atoms with E-state index in [4.69, 9.17) is 37.0 Å². The van der Waals surface area contributed by atoms with Crippen molar-refractivity contribution in [3.8, 4) is 0 Å². The van der Waals surface area contributed by atoms with E-state index in [1.807, 2.05) is 0 Å². The van der Waals surface area contributed by atoms with E-state index in [1.54, 1.807) is 0 Å². The third-order valence-electron chi connectivity index (χ3n) is 15.6. The number of aliphatic hydroxyl groups is 1. The van der Waals surface area contributed by atoms with Crippen LogP contribution in [-0.2, 0) is 65.4 Å². The molecular formula is C70H132O17P2. The minimum Gasteiger partial charge on any atom is -0.462 e. The molecule has 524 valence electrons. The zero-order chi connectivity index (χ0) is 65.7. The third kappa shape index (κ3) is 64.1. The highest BCUT2D eigenvalue weighted by Gasteiger charge is 2.30. The second kappa shape index (κ2) is 61.7. The van der Waals surface area contributed by atoms with Crippen molar-refractivity contribution in [1.29, 1.82) is 0 Å². The number of hydrogen-bond donors (Lipinski definition) is 3. The first-order valence-electron chi connectivity index (χ1n) is 35.8. The Balaban J connectivity index is 5.20. The number of hydrogen-bond acceptors (Lipinski definition) is 15. The number of phosphoric ester groups is 2. The van der Waals surface area contributed by atoms with Gasteiger partial charge in [-0.2, -0.15) is 0 Å². The Bertz CT molecular complexity index is 1830. The van der Waals surface area contributed by atoms with Gasteiger partial charge in [0.25, 0.3) is 0 Å². The van der Waals surface area contributed by atoms with E-state index in [0.717, 1.165) is 127 Å². The van der Waals surface area contributed by atoms with Gasteiger partial charge < -0.3 is 33.8 Å². The van der Waals surface area contributed by atoms with Crippen molar-refractivity contribution < 1.29 is 80.2 Å². The number of aliphatic hydroxyl groups excluding tert-OH is 1. The standard InChI is InChI=1S/C70H132O17P2/c1-7-9-11-13-14-15-16-17-18-22-25-30-35-41-47-53-68(73)81-59-66(87-69(74)54-48-42-36-31-26-23-20-19-21-24-28-33-39-44-50-62(3)4)61-85-89(78,79)83-57-64(71)56-82-88(76,77)84-60-65(58-80-67(72)52-46-38-12-10-8-2)86-70(75)55-49-43-37-32-27-29-34-40-45-51-63(5)6/h15-18,62-66,71H,7-14,19-61H2,1-6H3,(H,76,77)(H,78,79)/b16-15-,18-17-/t64-,65+,66+/m0/s1. The van der Waals surface area contributed by atoms with Crippen molar-refractivity contribution in [3.05, 3.63) is 24.3 Å². The molecule has 0 aliphatic carbocycles. The van der Waals surface area contributed by atoms with Crippen LogP contribution in [0.1, 0.15) is 330 Å². The van der Waals surface area contributed by atoms with Crippen LogP contribution in [0.15, 0.2) is 24.3 Å². The Hall–Kier alpha value is -2.46. The molecule has 0 heterocycles. The lowest BCUT2D eigenvalue weighted by Crippen LogP contribution is -2.30. The predicted octanol–water partition coefficient (Wildman–Crippen LogP) is 19.5. The average molecular weight is 1310 g/mol. The second-order valence-corrected chi connectivity index (χ2v) is 28.4. The number of phosphoric acid groups is 2. The van der Waals surface area contributed by atoms with Crippen LogP contribution in [0.4, 0.5) is 0 Å². The van der Waals surface area contributed by atoms with Crippen LogP contribution >= 0.6 is 15.6 Å². The van der Waals surface area contributed by atoms with Gasteiger partial charge in [-0.25, -0.2) is 9.13 Å². The molecule has 3 N–H and O–H groups in total. The zero-order valence-electron chi connectivity index (χ0n) is 57.2. The first-order valence-corrected chi connectivity index (χ1v) is 38.8. The summed E-state index contributed by atoms with van der Waals surface area (Å²) in [6, 6.07) is 0. The monoisotopic (exact) mass is 1310 g/mol. The molecular weight excluding hydrogens is 1170 g/mol. The predicted molar refractivity (Wildman–Crippen MR) is 358 cm³/mol. The van der Waals surface area contributed by atoms with Gasteiger partial charge in [-0.15, -0.1) is 0 Å². The van der Waals surface area contributed by atoms with E-state index in [-0.39, 0.29) is 25.7 Å². The molecule has 0 amide bonds. The molecule has 5 atom stereocenters. The maximum Gasteiger partial charge on any atom is 0.472 e. The molecule has 0 saturated carbocycles. The van der Waals surface area contributed by atoms with E-state index in [1.165, 1.54) is 122 Å². The molecule has 0 aromatic carbocycles. The van der Waals surface area contributed by atoms with Crippen LogP contribution in [0.5, 0.6) is 0 Å². The lowest BCUT2D eigenvalue weighted by Gasteiger charge is -2.21. The SMILES string of the molecule is CCCCCC/C=C\C=C/CCCCCCCC(=O)OC[C@H](COP(=O)(O)OC[C@@H](O)COP(=O)(O)OC[C@@H](COC(=O)CCCCCCC)OC(=O)CCCCCCCCCCCC(C)C)OC(=O)CCCCCCCCCCCCCCCCC(C)C. The lowest BCUT2D eigenvalue weighted by molar-refractivity contribution is -0.161. The van der Waals surface area contributed by atoms with Gasteiger partial charge in [0.1, 0.15) is 19.3 Å². The summed E-state index contributed by atoms with van der Waals surface area (Å²) in [5.74, 6) is -0.638. The summed E-state index contributed by atoms with van der Waals surface area (Å²) in [5.41, 5.74) is 0. The fourth-order valence-electron chi connectivity index (χ4n) is 10.1. The smallest absolute Gasteiger partial charge is 0.462 e. The fraction of sp³-hybridized carbons (Fsp3) is 0.886. The normalized spacial score (nSPS) is 14.3. The van der Waals surface area contributed by atoms with Crippen LogP contribution in [-0.4, -0.2) is 96.7 Å². The lowest BCUT2D eigenvalue weighted by atomic mass is 10.0.